The highest BCUT2D eigenvalue weighted by Crippen LogP contribution is 2.30. The van der Waals surface area contributed by atoms with Crippen molar-refractivity contribution in [3.63, 3.8) is 0 Å². The average Bonchev–Trinajstić information content (AvgIpc) is 2.32. The second-order valence-electron chi connectivity index (χ2n) is 5.30. The van der Waals surface area contributed by atoms with Gasteiger partial charge in [0.05, 0.1) is 0 Å². The zero-order valence-corrected chi connectivity index (χ0v) is 11.3. The maximum absolute atomic E-state index is 12.0. The molecule has 3 N–H and O–H groups in total. The topological polar surface area (TPSA) is 58.4 Å². The van der Waals surface area contributed by atoms with E-state index in [9.17, 15) is 4.79 Å². The number of benzene rings is 1. The highest BCUT2D eigenvalue weighted by atomic mass is 16.2. The molecule has 0 saturated carbocycles. The molecule has 0 bridgehead atoms. The van der Waals surface area contributed by atoms with Crippen LogP contribution in [-0.4, -0.2) is 24.5 Å². The Bertz CT molecular complexity index is 468. The van der Waals surface area contributed by atoms with E-state index in [0.717, 1.165) is 17.8 Å². The molecular weight excluding hydrogens is 226 g/mol. The molecule has 1 amide bonds. The predicted molar refractivity (Wildman–Crippen MR) is 73.5 cm³/mol. The van der Waals surface area contributed by atoms with Crippen molar-refractivity contribution in [2.24, 2.45) is 5.73 Å². The largest absolute Gasteiger partial charge is 0.355 e. The van der Waals surface area contributed by atoms with Crippen LogP contribution in [0, 0.1) is 6.92 Å². The minimum absolute atomic E-state index is 0.0678. The lowest BCUT2D eigenvalue weighted by Crippen LogP contribution is -2.62. The van der Waals surface area contributed by atoms with E-state index in [1.54, 1.807) is 0 Å². The molecule has 1 aromatic carbocycles. The van der Waals surface area contributed by atoms with E-state index in [0.29, 0.717) is 13.1 Å². The van der Waals surface area contributed by atoms with Crippen LogP contribution < -0.4 is 16.0 Å². The number of nitrogens with zero attached hydrogens (tertiary/aromatic N) is 1. The number of carbonyl (C=O) groups excluding carboxylic acids is 1. The van der Waals surface area contributed by atoms with Gasteiger partial charge in [0.1, 0.15) is 5.54 Å². The number of amides is 1. The first-order valence-corrected chi connectivity index (χ1v) is 6.32. The molecule has 98 valence electrons. The Balaban J connectivity index is 2.46. The summed E-state index contributed by atoms with van der Waals surface area (Å²) < 4.78 is 0. The number of rotatable bonds is 2. The molecule has 0 radical (unpaired) electrons. The van der Waals surface area contributed by atoms with Gasteiger partial charge in [-0.15, -0.1) is 0 Å². The van der Waals surface area contributed by atoms with Crippen LogP contribution in [-0.2, 0) is 11.3 Å². The molecule has 0 aliphatic carbocycles. The van der Waals surface area contributed by atoms with Gasteiger partial charge < -0.3 is 16.0 Å². The summed E-state index contributed by atoms with van der Waals surface area (Å²) in [5.41, 5.74) is 8.62. The highest BCUT2D eigenvalue weighted by Gasteiger charge is 2.38. The summed E-state index contributed by atoms with van der Waals surface area (Å²) in [7, 11) is 0. The number of carbonyl (C=O) groups is 1. The van der Waals surface area contributed by atoms with Gasteiger partial charge in [-0.3, -0.25) is 4.79 Å². The molecule has 4 nitrogen and oxygen atoms in total. The van der Waals surface area contributed by atoms with Crippen LogP contribution in [0.5, 0.6) is 0 Å². The van der Waals surface area contributed by atoms with E-state index in [-0.39, 0.29) is 5.91 Å². The van der Waals surface area contributed by atoms with Crippen molar-refractivity contribution >= 4 is 11.6 Å². The number of hydrogen-bond acceptors (Lipinski definition) is 3. The molecule has 1 aliphatic heterocycles. The summed E-state index contributed by atoms with van der Waals surface area (Å²) in [6.07, 6.45) is 0. The number of nitrogens with two attached hydrogens (primary N) is 1. The molecular formula is C14H21N3O. The van der Waals surface area contributed by atoms with Crippen molar-refractivity contribution in [2.45, 2.75) is 32.9 Å². The highest BCUT2D eigenvalue weighted by molar-refractivity contribution is 5.90. The fraction of sp³-hybridized carbons (Fsp3) is 0.500. The van der Waals surface area contributed by atoms with Gasteiger partial charge in [-0.05, 0) is 38.0 Å². The van der Waals surface area contributed by atoms with Crippen LogP contribution in [0.2, 0.25) is 0 Å². The Kier molecular flexibility index (Phi) is 3.30. The van der Waals surface area contributed by atoms with Crippen LogP contribution >= 0.6 is 0 Å². The zero-order chi connectivity index (χ0) is 13.3. The van der Waals surface area contributed by atoms with Crippen molar-refractivity contribution < 1.29 is 4.79 Å². The third-order valence-electron chi connectivity index (χ3n) is 3.60. The van der Waals surface area contributed by atoms with Gasteiger partial charge in [-0.2, -0.15) is 0 Å². The summed E-state index contributed by atoms with van der Waals surface area (Å²) >= 11 is 0. The summed E-state index contributed by atoms with van der Waals surface area (Å²) in [6, 6.07) is 6.22. The van der Waals surface area contributed by atoms with Crippen molar-refractivity contribution in [3.8, 4) is 0 Å². The lowest BCUT2D eigenvalue weighted by atomic mass is 9.96. The van der Waals surface area contributed by atoms with Crippen LogP contribution in [0.4, 0.5) is 5.69 Å². The first-order chi connectivity index (χ1) is 8.46. The van der Waals surface area contributed by atoms with E-state index in [1.165, 1.54) is 5.56 Å². The van der Waals surface area contributed by atoms with Gasteiger partial charge in [0.2, 0.25) is 5.91 Å². The van der Waals surface area contributed by atoms with Crippen LogP contribution in [0.15, 0.2) is 18.2 Å². The summed E-state index contributed by atoms with van der Waals surface area (Å²) in [6.45, 7) is 7.94. The summed E-state index contributed by atoms with van der Waals surface area (Å²) in [4.78, 5) is 14.2. The zero-order valence-electron chi connectivity index (χ0n) is 11.3. The van der Waals surface area contributed by atoms with E-state index < -0.39 is 5.54 Å². The Hall–Kier alpha value is -1.55. The third kappa shape index (κ3) is 2.08. The minimum atomic E-state index is -0.532. The van der Waals surface area contributed by atoms with Crippen molar-refractivity contribution in [3.05, 3.63) is 29.3 Å². The second kappa shape index (κ2) is 4.61. The quantitative estimate of drug-likeness (QED) is 0.824. The molecule has 1 saturated heterocycles. The molecule has 0 atom stereocenters. The van der Waals surface area contributed by atoms with Crippen molar-refractivity contribution in [1.82, 2.24) is 5.32 Å². The minimum Gasteiger partial charge on any atom is -0.355 e. The van der Waals surface area contributed by atoms with E-state index >= 15 is 0 Å². The first-order valence-electron chi connectivity index (χ1n) is 6.32. The van der Waals surface area contributed by atoms with Gasteiger partial charge in [-0.25, -0.2) is 0 Å². The van der Waals surface area contributed by atoms with Crippen LogP contribution in [0.25, 0.3) is 0 Å². The van der Waals surface area contributed by atoms with Crippen LogP contribution in [0.1, 0.15) is 25.0 Å². The van der Waals surface area contributed by atoms with E-state index in [1.807, 2.05) is 19.9 Å². The molecule has 1 heterocycles. The molecule has 18 heavy (non-hydrogen) atoms. The van der Waals surface area contributed by atoms with Crippen LogP contribution in [0.3, 0.4) is 0 Å². The van der Waals surface area contributed by atoms with E-state index in [4.69, 9.17) is 5.73 Å². The fourth-order valence-electron chi connectivity index (χ4n) is 2.42. The normalized spacial score (nSPS) is 18.7. The van der Waals surface area contributed by atoms with Crippen molar-refractivity contribution in [2.75, 3.05) is 18.0 Å². The monoisotopic (exact) mass is 247 g/mol. The maximum atomic E-state index is 12.0. The van der Waals surface area contributed by atoms with Crippen molar-refractivity contribution in [1.29, 1.82) is 0 Å². The SMILES string of the molecule is Cc1ccc(CN)c(N2CCNC(=O)C2(C)C)c1. The number of anilines is 1. The number of hydrogen-bond donors (Lipinski definition) is 2. The standard InChI is InChI=1S/C14H21N3O/c1-10-4-5-11(9-15)12(8-10)17-7-6-16-13(18)14(17,2)3/h4-5,8H,6-7,9,15H2,1-3H3,(H,16,18). The maximum Gasteiger partial charge on any atom is 0.245 e. The Morgan fingerprint density at radius 1 is 1.44 bits per heavy atom. The number of aryl methyl sites for hydroxylation is 1. The van der Waals surface area contributed by atoms with Gasteiger partial charge in [0, 0.05) is 25.3 Å². The van der Waals surface area contributed by atoms with E-state index in [2.05, 4.69) is 29.3 Å². The molecule has 1 aromatic rings. The molecule has 0 spiro atoms. The number of piperazine rings is 1. The lowest BCUT2D eigenvalue weighted by Gasteiger charge is -2.43. The Labute approximate surface area is 108 Å². The molecule has 1 fully saturated rings. The molecule has 0 unspecified atom stereocenters. The third-order valence-corrected chi connectivity index (χ3v) is 3.60. The predicted octanol–water partition coefficient (Wildman–Crippen LogP) is 1.17. The molecule has 0 aromatic heterocycles. The fourth-order valence-corrected chi connectivity index (χ4v) is 2.42. The first kappa shape index (κ1) is 12.9. The summed E-state index contributed by atoms with van der Waals surface area (Å²) in [5, 5.41) is 2.91. The van der Waals surface area contributed by atoms with Gasteiger partial charge >= 0.3 is 0 Å². The summed E-state index contributed by atoms with van der Waals surface area (Å²) in [5.74, 6) is 0.0678. The average molecular weight is 247 g/mol. The van der Waals surface area contributed by atoms with Gasteiger partial charge in [0.15, 0.2) is 0 Å². The molecule has 2 rings (SSSR count). The molecule has 1 aliphatic rings. The smallest absolute Gasteiger partial charge is 0.245 e. The Morgan fingerprint density at radius 2 is 2.17 bits per heavy atom. The lowest BCUT2D eigenvalue weighted by molar-refractivity contribution is -0.126. The second-order valence-corrected chi connectivity index (χ2v) is 5.30. The Morgan fingerprint density at radius 3 is 2.83 bits per heavy atom. The van der Waals surface area contributed by atoms with Gasteiger partial charge in [0.25, 0.3) is 0 Å². The van der Waals surface area contributed by atoms with Gasteiger partial charge in [-0.1, -0.05) is 12.1 Å². The number of nitrogens with one attached hydrogen (secondary N) is 1. The molecule has 4 heteroatoms.